The minimum Gasteiger partial charge on any atom is -0.197 e. The summed E-state index contributed by atoms with van der Waals surface area (Å²) in [6, 6.07) is 0. The second-order valence-corrected chi connectivity index (χ2v) is 0.485. The molecule has 0 aliphatic rings. The predicted molar refractivity (Wildman–Crippen MR) is 9.51 cm³/mol. The molecule has 4 heteroatoms. The summed E-state index contributed by atoms with van der Waals surface area (Å²) in [5.41, 5.74) is 0. The molecule has 0 saturated heterocycles. The normalized spacial score (nSPS) is 8.80. The first-order chi connectivity index (χ1) is 2.39. The molecule has 4 nitrogen and oxygen atoms in total. The largest absolute Gasteiger partial charge is 0.597 e. The summed E-state index contributed by atoms with van der Waals surface area (Å²) in [7, 11) is 0. The summed E-state index contributed by atoms with van der Waals surface area (Å²) in [5.74, 6) is -0.787. The van der Waals surface area contributed by atoms with Crippen molar-refractivity contribution in [3.05, 3.63) is 10.6 Å². The maximum absolute atomic E-state index is 9.33. The molecule has 0 unspecified atom stereocenters. The first-order valence-corrected chi connectivity index (χ1v) is 0.946. The van der Waals surface area contributed by atoms with E-state index in [-0.39, 0.29) is 0 Å². The van der Waals surface area contributed by atoms with Gasteiger partial charge >= 0.3 is 5.82 Å². The van der Waals surface area contributed by atoms with Crippen LogP contribution < -0.4 is 5.82 Å². The van der Waals surface area contributed by atoms with Gasteiger partial charge in [0.25, 0.3) is 0 Å². The quantitative estimate of drug-likeness (QED) is 0.402. The van der Waals surface area contributed by atoms with Crippen LogP contribution in [0.25, 0.3) is 0 Å². The molecule has 0 saturated carbocycles. The van der Waals surface area contributed by atoms with E-state index < -0.39 is 5.82 Å². The molecule has 0 aliphatic heterocycles. The highest BCUT2D eigenvalue weighted by molar-refractivity contribution is 4.14. The smallest absolute Gasteiger partial charge is 0.197 e. The zero-order chi connectivity index (χ0) is 3.70. The van der Waals surface area contributed by atoms with Crippen LogP contribution in [0.1, 0.15) is 0 Å². The van der Waals surface area contributed by atoms with Crippen molar-refractivity contribution in [2.24, 2.45) is 0 Å². The highest BCUT2D eigenvalue weighted by Crippen LogP contribution is 1.66. The average Bonchev–Trinajstić information content (AvgIpc) is 1.30. The fraction of sp³-hybridized carbons (Fsp3) is 0. The minimum absolute atomic E-state index is 0.787. The summed E-state index contributed by atoms with van der Waals surface area (Å²) >= 11 is 0. The molecule has 28 valence electrons. The van der Waals surface area contributed by atoms with Crippen LogP contribution in [0, 0.1) is 0 Å². The summed E-state index contributed by atoms with van der Waals surface area (Å²) in [6.07, 6.45) is 0. The molecular weight excluding hydrogens is 76.0 g/mol. The third kappa shape index (κ3) is 0.137. The number of hydrogen-bond donors (Lipinski definition) is 0. The van der Waals surface area contributed by atoms with E-state index in [0.29, 0.717) is 0 Å². The highest BCUT2D eigenvalue weighted by atomic mass is 17.3. The van der Waals surface area contributed by atoms with Gasteiger partial charge in [-0.3, -0.25) is 0 Å². The first-order valence-electron chi connectivity index (χ1n) is 0.946. The molecule has 0 amide bonds. The lowest BCUT2D eigenvalue weighted by Crippen LogP contribution is -1.95. The van der Waals surface area contributed by atoms with Crippen LogP contribution in [-0.2, 0) is 0 Å². The van der Waals surface area contributed by atoms with Crippen molar-refractivity contribution in [3.8, 4) is 0 Å². The molecule has 0 spiro atoms. The lowest BCUT2D eigenvalue weighted by molar-refractivity contribution is -0.294. The van der Waals surface area contributed by atoms with Crippen molar-refractivity contribution in [1.82, 2.24) is 0 Å². The fourth-order valence-electron chi connectivity index (χ4n) is 0.0618. The van der Waals surface area contributed by atoms with Gasteiger partial charge in [-0.25, -0.2) is 0 Å². The third-order valence-corrected chi connectivity index (χ3v) is 0.204. The molecule has 5 heavy (non-hydrogen) atoms. The fourth-order valence-corrected chi connectivity index (χ4v) is 0.0618. The van der Waals surface area contributed by atoms with Gasteiger partial charge in [0, 0.05) is 0 Å². The molecule has 1 aromatic heterocycles. The molecule has 0 aliphatic carbocycles. The topological polar surface area (TPSA) is 56.5 Å². The standard InChI is InChI=1S/CO4/c2-1-3-5-4-1. The van der Waals surface area contributed by atoms with Crippen molar-refractivity contribution in [1.29, 1.82) is 0 Å². The van der Waals surface area contributed by atoms with Crippen LogP contribution in [0.4, 0.5) is 0 Å². The van der Waals surface area contributed by atoms with Crippen LogP contribution in [-0.4, -0.2) is 0 Å². The van der Waals surface area contributed by atoms with Crippen molar-refractivity contribution in [2.45, 2.75) is 0 Å². The second-order valence-electron chi connectivity index (χ2n) is 0.485. The molecule has 0 N–H and O–H groups in total. The zero-order valence-electron chi connectivity index (χ0n) is 2.13. The van der Waals surface area contributed by atoms with Gasteiger partial charge in [0.15, 0.2) is 0 Å². The van der Waals surface area contributed by atoms with Gasteiger partial charge in [-0.2, -0.15) is 13.9 Å². The Morgan fingerprint density at radius 2 is 1.80 bits per heavy atom. The lowest BCUT2D eigenvalue weighted by Gasteiger charge is -1.68. The van der Waals surface area contributed by atoms with Crippen LogP contribution in [0.5, 0.6) is 0 Å². The Morgan fingerprint density at radius 1 is 1.40 bits per heavy atom. The highest BCUT2D eigenvalue weighted by Gasteiger charge is 1.85. The first kappa shape index (κ1) is 2.32. The zero-order valence-corrected chi connectivity index (χ0v) is 2.13. The minimum atomic E-state index is -0.787. The van der Waals surface area contributed by atoms with Gasteiger partial charge < -0.3 is 0 Å². The molecular formula is CO4. The maximum Gasteiger partial charge on any atom is 0.597 e. The van der Waals surface area contributed by atoms with Gasteiger partial charge in [0.05, 0.1) is 0 Å². The average molecular weight is 76.0 g/mol. The molecule has 1 aromatic rings. The Kier molecular flexibility index (Phi) is 0.237. The van der Waals surface area contributed by atoms with E-state index in [1.54, 1.807) is 0 Å². The van der Waals surface area contributed by atoms with Crippen molar-refractivity contribution in [2.75, 3.05) is 0 Å². The number of hydrogen-bond acceptors (Lipinski definition) is 4. The van der Waals surface area contributed by atoms with Crippen molar-refractivity contribution in [3.63, 3.8) is 0 Å². The lowest BCUT2D eigenvalue weighted by atomic mass is 11.6. The Balaban J connectivity index is 3.29. The van der Waals surface area contributed by atoms with Gasteiger partial charge in [-0.05, 0) is 0 Å². The monoisotopic (exact) mass is 76.0 g/mol. The van der Waals surface area contributed by atoms with Crippen molar-refractivity contribution >= 4 is 0 Å². The van der Waals surface area contributed by atoms with E-state index in [9.17, 15) is 4.79 Å². The van der Waals surface area contributed by atoms with Gasteiger partial charge in [0.1, 0.15) is 0 Å². The SMILES string of the molecule is O=c1ooo1. The molecule has 0 fully saturated rings. The van der Waals surface area contributed by atoms with Crippen LogP contribution >= 0.6 is 0 Å². The van der Waals surface area contributed by atoms with Crippen LogP contribution in [0.3, 0.4) is 0 Å². The molecule has 0 aromatic carbocycles. The summed E-state index contributed by atoms with van der Waals surface area (Å²) < 4.78 is 10.6. The summed E-state index contributed by atoms with van der Waals surface area (Å²) in [5, 5.41) is 0. The van der Waals surface area contributed by atoms with E-state index >= 15 is 0 Å². The molecule has 0 bridgehead atoms. The van der Waals surface area contributed by atoms with Gasteiger partial charge in [0.2, 0.25) is 0 Å². The van der Waals surface area contributed by atoms with Gasteiger partial charge in [-0.1, -0.05) is 4.74 Å². The second kappa shape index (κ2) is 0.512. The van der Waals surface area contributed by atoms with E-state index in [1.165, 1.54) is 0 Å². The molecule has 1 heterocycles. The van der Waals surface area contributed by atoms with Gasteiger partial charge in [-0.15, -0.1) is 0 Å². The Labute approximate surface area is 25.8 Å². The van der Waals surface area contributed by atoms with Crippen LogP contribution in [0.2, 0.25) is 0 Å². The summed E-state index contributed by atoms with van der Waals surface area (Å²) in [4.78, 5) is 9.33. The van der Waals surface area contributed by atoms with Crippen LogP contribution in [0.15, 0.2) is 18.7 Å². The molecule has 0 radical (unpaired) electrons. The molecule has 0 atom stereocenters. The van der Waals surface area contributed by atoms with E-state index in [1.807, 2.05) is 0 Å². The van der Waals surface area contributed by atoms with Crippen molar-refractivity contribution < 1.29 is 13.9 Å². The van der Waals surface area contributed by atoms with E-state index in [4.69, 9.17) is 0 Å². The Morgan fingerprint density at radius 3 is 1.80 bits per heavy atom. The maximum atomic E-state index is 9.33. The summed E-state index contributed by atoms with van der Waals surface area (Å²) in [6.45, 7) is 0. The third-order valence-electron chi connectivity index (χ3n) is 0.204. The Bertz CT molecular complexity index is 118. The predicted octanol–water partition coefficient (Wildman–Crippen LogP) is -0.174. The molecule has 1 rings (SSSR count). The Hall–Kier alpha value is -0.930. The number of rotatable bonds is 0. The van der Waals surface area contributed by atoms with E-state index in [0.717, 1.165) is 0 Å². The van der Waals surface area contributed by atoms with E-state index in [2.05, 4.69) is 13.9 Å².